The number of hydrogen-bond acceptors (Lipinski definition) is 4. The van der Waals surface area contributed by atoms with E-state index in [0.29, 0.717) is 5.56 Å². The molecular weight excluding hydrogens is 505 g/mol. The molecule has 0 unspecified atom stereocenters. The zero-order valence-electron chi connectivity index (χ0n) is 21.7. The van der Waals surface area contributed by atoms with E-state index in [0.717, 1.165) is 39.4 Å². The van der Waals surface area contributed by atoms with Crippen LogP contribution in [0.1, 0.15) is 27.8 Å². The van der Waals surface area contributed by atoms with Crippen molar-refractivity contribution in [1.82, 2.24) is 4.57 Å². The number of nitrogens with zero attached hydrogens (tertiary/aromatic N) is 1. The number of hydrogen-bond donors (Lipinski definition) is 1. The highest BCUT2D eigenvalue weighted by Crippen LogP contribution is 2.35. The number of carbonyl (C=O) groups excluding carboxylic acids is 1. The number of esters is 1. The van der Waals surface area contributed by atoms with Gasteiger partial charge in [0.2, 0.25) is 0 Å². The van der Waals surface area contributed by atoms with E-state index in [1.54, 1.807) is 30.3 Å². The second kappa shape index (κ2) is 11.0. The van der Waals surface area contributed by atoms with E-state index >= 15 is 0 Å². The van der Waals surface area contributed by atoms with Crippen LogP contribution in [0.25, 0.3) is 28.5 Å². The summed E-state index contributed by atoms with van der Waals surface area (Å²) >= 11 is 0. The Morgan fingerprint density at radius 2 is 1.64 bits per heavy atom. The number of anilines is 1. The summed E-state index contributed by atoms with van der Waals surface area (Å²) in [5, 5.41) is 0. The van der Waals surface area contributed by atoms with Crippen molar-refractivity contribution in [3.8, 4) is 22.4 Å². The maximum Gasteiger partial charge on any atom is 0.418 e. The summed E-state index contributed by atoms with van der Waals surface area (Å²) in [6, 6.07) is 21.0. The number of methoxy groups -OCH3 is 1. The summed E-state index contributed by atoms with van der Waals surface area (Å²) in [6.45, 7) is 3.90. The smallest absolute Gasteiger partial charge is 0.418 e. The Balaban J connectivity index is 1.79. The van der Waals surface area contributed by atoms with Gasteiger partial charge in [0, 0.05) is 6.08 Å². The largest absolute Gasteiger partial charge is 0.466 e. The monoisotopic (exact) mass is 532 g/mol. The number of pyridine rings is 1. The summed E-state index contributed by atoms with van der Waals surface area (Å²) in [5.41, 5.74) is 8.56. The zero-order chi connectivity index (χ0) is 28.3. The average Bonchev–Trinajstić information content (AvgIpc) is 2.91. The molecule has 4 rings (SSSR count). The quantitative estimate of drug-likeness (QED) is 0.223. The Kier molecular flexibility index (Phi) is 7.76. The Morgan fingerprint density at radius 3 is 2.28 bits per heavy atom. The van der Waals surface area contributed by atoms with Crippen LogP contribution in [0.3, 0.4) is 0 Å². The van der Waals surface area contributed by atoms with Gasteiger partial charge in [-0.3, -0.25) is 4.79 Å². The normalized spacial score (nSPS) is 11.6. The second-order valence-electron chi connectivity index (χ2n) is 9.24. The number of halogens is 3. The number of ether oxygens (including phenoxy) is 1. The predicted molar refractivity (Wildman–Crippen MR) is 147 cm³/mol. The van der Waals surface area contributed by atoms with E-state index in [1.807, 2.05) is 56.3 Å². The molecule has 5 nitrogen and oxygen atoms in total. The van der Waals surface area contributed by atoms with Crippen molar-refractivity contribution in [2.24, 2.45) is 0 Å². The first-order valence-electron chi connectivity index (χ1n) is 12.1. The third-order valence-electron chi connectivity index (χ3n) is 6.48. The van der Waals surface area contributed by atoms with Crippen LogP contribution < -0.4 is 11.3 Å². The number of carbonyl (C=O) groups is 1. The number of alkyl halides is 3. The topological polar surface area (TPSA) is 74.3 Å². The molecule has 4 aromatic rings. The van der Waals surface area contributed by atoms with Crippen LogP contribution in [0.2, 0.25) is 0 Å². The molecule has 1 heterocycles. The highest BCUT2D eigenvalue weighted by Gasteiger charge is 2.35. The molecule has 0 atom stereocenters. The Bertz CT molecular complexity index is 1620. The van der Waals surface area contributed by atoms with Crippen LogP contribution in [-0.4, -0.2) is 17.6 Å². The maximum atomic E-state index is 13.8. The van der Waals surface area contributed by atoms with Gasteiger partial charge in [-0.05, 0) is 65.4 Å². The first kappa shape index (κ1) is 27.4. The van der Waals surface area contributed by atoms with Crippen molar-refractivity contribution in [3.63, 3.8) is 0 Å². The molecule has 0 amide bonds. The van der Waals surface area contributed by atoms with Gasteiger partial charge in [-0.15, -0.1) is 0 Å². The summed E-state index contributed by atoms with van der Waals surface area (Å²) < 4.78 is 47.3. The fourth-order valence-electron chi connectivity index (χ4n) is 4.37. The van der Waals surface area contributed by atoms with Crippen LogP contribution in [0.5, 0.6) is 0 Å². The molecule has 0 bridgehead atoms. The summed E-state index contributed by atoms with van der Waals surface area (Å²) in [6.07, 6.45) is -1.84. The molecule has 0 aliphatic rings. The first-order chi connectivity index (χ1) is 18.5. The lowest BCUT2D eigenvalue weighted by Gasteiger charge is -2.19. The Hall–Kier alpha value is -4.59. The van der Waals surface area contributed by atoms with Crippen molar-refractivity contribution >= 4 is 17.7 Å². The van der Waals surface area contributed by atoms with Gasteiger partial charge >= 0.3 is 12.1 Å². The second-order valence-corrected chi connectivity index (χ2v) is 9.24. The molecule has 1 aromatic heterocycles. The standard InChI is InChI=1S/C31H27F3N2O3/c1-19-7-9-25(20(2)15-19)18-36-27(17-26(31(32,33)34)29(35)30(36)38)23-12-10-22(11-13-23)24-6-4-5-21(16-24)8-14-28(37)39-3/h4-17H,18,35H2,1-3H3/b14-8+. The molecular formula is C31H27F3N2O3. The third-order valence-corrected chi connectivity index (χ3v) is 6.48. The van der Waals surface area contributed by atoms with Crippen LogP contribution in [-0.2, 0) is 22.3 Å². The van der Waals surface area contributed by atoms with Gasteiger partial charge in [-0.1, -0.05) is 66.2 Å². The highest BCUT2D eigenvalue weighted by molar-refractivity contribution is 5.87. The van der Waals surface area contributed by atoms with E-state index in [4.69, 9.17) is 5.73 Å². The van der Waals surface area contributed by atoms with Gasteiger partial charge in [-0.2, -0.15) is 13.2 Å². The fraction of sp³-hybridized carbons (Fsp3) is 0.161. The summed E-state index contributed by atoms with van der Waals surface area (Å²) in [7, 11) is 1.30. The van der Waals surface area contributed by atoms with Crippen LogP contribution in [0, 0.1) is 13.8 Å². The Labute approximate surface area is 224 Å². The molecule has 0 spiro atoms. The zero-order valence-corrected chi connectivity index (χ0v) is 21.7. The van der Waals surface area contributed by atoms with Gasteiger partial charge < -0.3 is 15.0 Å². The molecule has 0 saturated heterocycles. The number of nitrogens with two attached hydrogens (primary N) is 1. The van der Waals surface area contributed by atoms with Crippen LogP contribution >= 0.6 is 0 Å². The van der Waals surface area contributed by atoms with E-state index in [2.05, 4.69) is 4.74 Å². The van der Waals surface area contributed by atoms with Crippen molar-refractivity contribution in [2.75, 3.05) is 12.8 Å². The van der Waals surface area contributed by atoms with Crippen LogP contribution in [0.15, 0.2) is 83.7 Å². The maximum absolute atomic E-state index is 13.8. The minimum absolute atomic E-state index is 0.0684. The molecule has 2 N–H and O–H groups in total. The van der Waals surface area contributed by atoms with Gasteiger partial charge in [0.15, 0.2) is 0 Å². The van der Waals surface area contributed by atoms with Gasteiger partial charge in [0.05, 0.1) is 24.9 Å². The molecule has 39 heavy (non-hydrogen) atoms. The van der Waals surface area contributed by atoms with E-state index in [-0.39, 0.29) is 12.2 Å². The Morgan fingerprint density at radius 1 is 0.949 bits per heavy atom. The minimum atomic E-state index is -4.78. The molecule has 8 heteroatoms. The summed E-state index contributed by atoms with van der Waals surface area (Å²) in [4.78, 5) is 24.6. The van der Waals surface area contributed by atoms with E-state index in [9.17, 15) is 22.8 Å². The molecule has 200 valence electrons. The van der Waals surface area contributed by atoms with Gasteiger partial charge in [0.1, 0.15) is 5.69 Å². The lowest BCUT2D eigenvalue weighted by molar-refractivity contribution is -0.137. The van der Waals surface area contributed by atoms with Crippen LogP contribution in [0.4, 0.5) is 18.9 Å². The summed E-state index contributed by atoms with van der Waals surface area (Å²) in [5.74, 6) is -0.474. The van der Waals surface area contributed by atoms with E-state index in [1.165, 1.54) is 17.8 Å². The van der Waals surface area contributed by atoms with Crippen molar-refractivity contribution in [2.45, 2.75) is 26.6 Å². The third kappa shape index (κ3) is 6.12. The van der Waals surface area contributed by atoms with Gasteiger partial charge in [-0.25, -0.2) is 4.79 Å². The average molecular weight is 533 g/mol. The SMILES string of the molecule is COC(=O)/C=C/c1cccc(-c2ccc(-c3cc(C(F)(F)F)c(N)c(=O)n3Cc3ccc(C)cc3C)cc2)c1. The van der Waals surface area contributed by atoms with Crippen molar-refractivity contribution in [3.05, 3.63) is 117 Å². The molecule has 0 fully saturated rings. The van der Waals surface area contributed by atoms with Gasteiger partial charge in [0.25, 0.3) is 5.56 Å². The fourth-order valence-corrected chi connectivity index (χ4v) is 4.37. The minimum Gasteiger partial charge on any atom is -0.466 e. The molecule has 0 aliphatic heterocycles. The number of rotatable bonds is 6. The molecule has 0 saturated carbocycles. The van der Waals surface area contributed by atoms with Crippen molar-refractivity contribution in [1.29, 1.82) is 0 Å². The number of aryl methyl sites for hydroxylation is 2. The number of aromatic nitrogens is 1. The number of nitrogen functional groups attached to an aromatic ring is 1. The van der Waals surface area contributed by atoms with Crippen molar-refractivity contribution < 1.29 is 22.7 Å². The highest BCUT2D eigenvalue weighted by atomic mass is 19.4. The number of benzene rings is 3. The lowest BCUT2D eigenvalue weighted by atomic mass is 9.99. The predicted octanol–water partition coefficient (Wildman–Crippen LogP) is 6.63. The molecule has 0 radical (unpaired) electrons. The lowest BCUT2D eigenvalue weighted by Crippen LogP contribution is -2.29. The first-order valence-corrected chi connectivity index (χ1v) is 12.1. The van der Waals surface area contributed by atoms with E-state index < -0.39 is 29.0 Å². The molecule has 3 aromatic carbocycles. The molecule has 0 aliphatic carbocycles.